The first-order valence-corrected chi connectivity index (χ1v) is 52.1. The van der Waals surface area contributed by atoms with E-state index in [4.69, 9.17) is 55.3 Å². The summed E-state index contributed by atoms with van der Waals surface area (Å²) in [6.07, 6.45) is 58.3. The van der Waals surface area contributed by atoms with Gasteiger partial charge in [0, 0.05) is 74.1 Å². The molecule has 0 aliphatic heterocycles. The molecule has 2 heterocycles. The first-order chi connectivity index (χ1) is 71.1. The predicted octanol–water partition coefficient (Wildman–Crippen LogP) is 22.1. The Balaban J connectivity index is 0.000000153. The van der Waals surface area contributed by atoms with Gasteiger partial charge in [-0.1, -0.05) is 295 Å². The van der Waals surface area contributed by atoms with Crippen LogP contribution in [-0.4, -0.2) is 99.2 Å². The van der Waals surface area contributed by atoms with Crippen molar-refractivity contribution in [2.45, 2.75) is 254 Å². The second kappa shape index (κ2) is 55.3. The highest BCUT2D eigenvalue weighted by atomic mass is 35.5. The van der Waals surface area contributed by atoms with Crippen molar-refractivity contribution in [3.63, 3.8) is 0 Å². The monoisotopic (exact) mass is 2010 g/mol. The molecule has 5 N–H and O–H groups in total. The molecule has 5 fully saturated rings. The lowest BCUT2D eigenvalue weighted by Gasteiger charge is -2.33. The lowest BCUT2D eigenvalue weighted by Crippen LogP contribution is -2.47. The summed E-state index contributed by atoms with van der Waals surface area (Å²) < 4.78 is 13.6. The number of anilines is 4. The maximum atomic E-state index is 13.6. The number of terminal acetylenes is 5. The number of amides is 10. The van der Waals surface area contributed by atoms with Crippen molar-refractivity contribution in [2.75, 3.05) is 19.6 Å². The number of halogens is 3. The molecule has 25 heteroatoms. The van der Waals surface area contributed by atoms with Gasteiger partial charge >= 0.3 is 23.6 Å². The summed E-state index contributed by atoms with van der Waals surface area (Å²) in [5.41, 5.74) is 8.70. The van der Waals surface area contributed by atoms with E-state index < -0.39 is 65.6 Å². The molecule has 21 nitrogen and oxygen atoms in total. The Bertz CT molecular complexity index is 6500. The van der Waals surface area contributed by atoms with Crippen LogP contribution in [0.5, 0.6) is 0 Å². The largest absolute Gasteiger partial charge is 0.351 e. The van der Waals surface area contributed by atoms with Crippen LogP contribution in [0.25, 0.3) is 10.8 Å². The normalized spacial score (nSPS) is 15.6. The van der Waals surface area contributed by atoms with Gasteiger partial charge in [-0.2, -0.15) is 0 Å². The molecule has 6 aliphatic rings. The molecular weight excluding hydrogens is 1890 g/mol. The molecule has 750 valence electrons. The molecule has 17 rings (SSSR count). The van der Waals surface area contributed by atoms with E-state index in [2.05, 4.69) is 61.2 Å². The van der Waals surface area contributed by atoms with Crippen LogP contribution >= 0.6 is 34.5 Å². The van der Waals surface area contributed by atoms with Crippen LogP contribution in [0.4, 0.5) is 27.1 Å². The fourth-order valence-corrected chi connectivity index (χ4v) is 21.2. The SMILES string of the molecule is C#CC(=O)N(Cc1ccccc1Cl)C(C(=O)NC1CCCC1)c1ccc(Cl)cc1.C#CC(=O)N(c1cccc2ccccc12)C(C(=O)NC1CCCCC1)c1ccccc1.C#CC(=O)N(c1ccccc1)C(C(=O)NC1CCCCC1)c1cccs1.C#CC(=O)N(c1ccccc1C)C(C(=O)NC1CCCCC1)c1ccccc1.C#CC(=O)N(c1cnc2c(c1)CCCC2)C(C(=O)NC1CCCCC1)c1ccc(F)cc1. The number of carbonyl (C=O) groups is 10. The van der Waals surface area contributed by atoms with E-state index in [0.717, 1.165) is 204 Å². The summed E-state index contributed by atoms with van der Waals surface area (Å²) in [5, 5.41) is 20.5. The van der Waals surface area contributed by atoms with Crippen molar-refractivity contribution in [2.24, 2.45) is 0 Å². The molecule has 0 saturated heterocycles. The Morgan fingerprint density at radius 1 is 0.370 bits per heavy atom. The van der Waals surface area contributed by atoms with E-state index in [1.165, 1.54) is 79.4 Å². The van der Waals surface area contributed by atoms with Gasteiger partial charge < -0.3 is 31.5 Å². The van der Waals surface area contributed by atoms with E-state index in [0.29, 0.717) is 49.5 Å². The molecule has 5 saturated carbocycles. The molecule has 0 spiro atoms. The quantitative estimate of drug-likeness (QED) is 0.0318. The third kappa shape index (κ3) is 29.5. The van der Waals surface area contributed by atoms with Gasteiger partial charge in [0.25, 0.3) is 5.91 Å². The number of aromatic nitrogens is 1. The summed E-state index contributed by atoms with van der Waals surface area (Å²) in [5.74, 6) is 6.61. The van der Waals surface area contributed by atoms with Crippen LogP contribution < -0.4 is 46.2 Å². The zero-order valence-electron chi connectivity index (χ0n) is 82.3. The van der Waals surface area contributed by atoms with Gasteiger partial charge in [-0.25, -0.2) is 4.39 Å². The third-order valence-electron chi connectivity index (χ3n) is 27.4. The lowest BCUT2D eigenvalue weighted by molar-refractivity contribution is -0.138. The van der Waals surface area contributed by atoms with Crippen molar-refractivity contribution >= 4 is 127 Å². The summed E-state index contributed by atoms with van der Waals surface area (Å²) in [7, 11) is 0. The molecule has 2 aromatic heterocycles. The number of aryl methyl sites for hydroxylation is 3. The standard InChI is InChI=1S/C27H26N2O2.C26H28FN3O2.C24H26N2O2.C23H22Cl2N2O2.C21H22N2O2S/c1-2-25(30)29(24-19-11-15-20-12-9-10-18-23(20)24)26(21-13-5-3-6-14-21)27(31)28-22-16-7-4-8-17-22;1-2-24(31)30(22-16-19-8-6-7-11-23(19)28-17-22)25(18-12-14-20(27)15-13-18)26(32)29-21-9-4-3-5-10-21;1-3-22(27)26(21-17-11-10-12-18(21)2)23(19-13-6-4-7-14-19)24(28)25-20-15-8-5-9-16-20;1-2-21(28)27(15-17-7-3-6-10-20(17)25)22(16-11-13-18(24)14-12-16)23(29)26-19-8-4-5-9-19;1-2-19(24)23(17-12-7-4-8-13-17)20(18-14-9-15-26-18)21(25)22-16-10-5-3-6-11-16/h1,3,5-6,9-15,18-19,22,26H,4,7-8,16-17H2,(H,28,31);1,12-17,21,25H,3-11H2,(H,29,32);1,4,6-7,10-14,17,20,23H,5,8-9,15-16H2,2H3,(H,25,28);1,3,6-7,10-14,19,22H,4-5,8-9,15H2,(H,26,29);1,4,7-9,12-16,20H,3,5-6,10-11H2,(H,22,25). The Hall–Kier alpha value is -14.9. The number of hydrogen-bond acceptors (Lipinski definition) is 12. The Morgan fingerprint density at radius 3 is 1.23 bits per heavy atom. The van der Waals surface area contributed by atoms with E-state index >= 15 is 0 Å². The van der Waals surface area contributed by atoms with Crippen molar-refractivity contribution in [1.29, 1.82) is 0 Å². The van der Waals surface area contributed by atoms with Gasteiger partial charge in [0.2, 0.25) is 29.5 Å². The minimum atomic E-state index is -1.01. The lowest BCUT2D eigenvalue weighted by atomic mass is 9.94. The summed E-state index contributed by atoms with van der Waals surface area (Å²) in [6.45, 7) is 2.03. The fourth-order valence-electron chi connectivity index (χ4n) is 20.1. The molecule has 11 aromatic rings. The highest BCUT2D eigenvalue weighted by molar-refractivity contribution is 7.10. The second-order valence-corrected chi connectivity index (χ2v) is 39.2. The Kier molecular flexibility index (Phi) is 41.0. The average Bonchev–Trinajstić information content (AvgIpc) is 0.973. The summed E-state index contributed by atoms with van der Waals surface area (Å²) in [4.78, 5) is 143. The molecule has 0 bridgehead atoms. The van der Waals surface area contributed by atoms with Crippen molar-refractivity contribution in [3.8, 4) is 61.7 Å². The molecule has 10 amide bonds. The summed E-state index contributed by atoms with van der Waals surface area (Å²) in [6, 6.07) is 70.5. The number of carbonyl (C=O) groups excluding carboxylic acids is 10. The number of para-hydroxylation sites is 2. The van der Waals surface area contributed by atoms with Gasteiger partial charge in [0.1, 0.15) is 30.0 Å². The van der Waals surface area contributed by atoms with Crippen LogP contribution in [0.3, 0.4) is 0 Å². The van der Waals surface area contributed by atoms with Crippen molar-refractivity contribution in [1.82, 2.24) is 36.5 Å². The zero-order chi connectivity index (χ0) is 103. The van der Waals surface area contributed by atoms with E-state index in [1.807, 2.05) is 194 Å². The van der Waals surface area contributed by atoms with E-state index in [-0.39, 0.29) is 66.3 Å². The van der Waals surface area contributed by atoms with Crippen LogP contribution in [0.2, 0.25) is 10.0 Å². The number of hydrogen-bond donors (Lipinski definition) is 5. The first-order valence-electron chi connectivity index (χ1n) is 50.5. The van der Waals surface area contributed by atoms with Crippen LogP contribution in [0.15, 0.2) is 260 Å². The number of fused-ring (bicyclic) bond motifs is 2. The topological polar surface area (TPSA) is 260 Å². The first kappa shape index (κ1) is 108. The van der Waals surface area contributed by atoms with Crippen LogP contribution in [-0.2, 0) is 67.3 Å². The van der Waals surface area contributed by atoms with Gasteiger partial charge in [-0.15, -0.1) is 43.5 Å². The molecule has 146 heavy (non-hydrogen) atoms. The van der Waals surface area contributed by atoms with Crippen molar-refractivity contribution < 1.29 is 52.3 Å². The van der Waals surface area contributed by atoms with Gasteiger partial charge in [0.15, 0.2) is 6.04 Å². The fraction of sp³-hybridized carbons (Fsp3) is 0.331. The number of nitrogens with zero attached hydrogens (tertiary/aromatic N) is 6. The molecule has 5 atom stereocenters. The smallest absolute Gasteiger partial charge is 0.303 e. The molecule has 6 aliphatic carbocycles. The number of thiophene rings is 1. The zero-order valence-corrected chi connectivity index (χ0v) is 84.6. The van der Waals surface area contributed by atoms with Gasteiger partial charge in [-0.3, -0.25) is 72.5 Å². The van der Waals surface area contributed by atoms with Gasteiger partial charge in [-0.05, 0) is 243 Å². The maximum absolute atomic E-state index is 13.6. The second-order valence-electron chi connectivity index (χ2n) is 37.4. The molecule has 5 unspecified atom stereocenters. The van der Waals surface area contributed by atoms with Gasteiger partial charge in [0.05, 0.1) is 17.6 Å². The Morgan fingerprint density at radius 2 is 0.747 bits per heavy atom. The third-order valence-corrected chi connectivity index (χ3v) is 29.0. The summed E-state index contributed by atoms with van der Waals surface area (Å²) >= 11 is 13.8. The number of rotatable bonds is 26. The highest BCUT2D eigenvalue weighted by Gasteiger charge is 2.41. The number of nitrogens with one attached hydrogen (secondary N) is 5. The molecule has 0 radical (unpaired) electrons. The van der Waals surface area contributed by atoms with Crippen LogP contribution in [0.1, 0.15) is 247 Å². The van der Waals surface area contributed by atoms with Crippen LogP contribution in [0, 0.1) is 74.5 Å². The molecule has 9 aromatic carbocycles. The van der Waals surface area contributed by atoms with E-state index in [9.17, 15) is 52.3 Å². The van der Waals surface area contributed by atoms with Crippen molar-refractivity contribution in [3.05, 3.63) is 326 Å². The van der Waals surface area contributed by atoms with E-state index in [1.54, 1.807) is 48.7 Å². The maximum Gasteiger partial charge on any atom is 0.303 e. The number of benzene rings is 9. The highest BCUT2D eigenvalue weighted by Crippen LogP contribution is 2.40. The molecular formula is C121H124Cl2FN11O10S. The predicted molar refractivity (Wildman–Crippen MR) is 578 cm³/mol. The minimum Gasteiger partial charge on any atom is -0.351 e. The Labute approximate surface area is 870 Å². The minimum absolute atomic E-state index is 0.0589. The average molecular weight is 2010 g/mol. The number of pyridine rings is 1.